The molecule has 30 valence electrons. The molecule has 5 heavy (non-hydrogen) atoms. The van der Waals surface area contributed by atoms with Crippen LogP contribution in [0.25, 0.3) is 0 Å². The van der Waals surface area contributed by atoms with E-state index in [9.17, 15) is 0 Å². The lowest BCUT2D eigenvalue weighted by Gasteiger charge is -1.37. The number of hydrogen-bond acceptors (Lipinski definition) is 1. The van der Waals surface area contributed by atoms with E-state index in [-0.39, 0.29) is 7.43 Å². The molecule has 0 amide bonds. The highest BCUT2D eigenvalue weighted by atomic mass is 16.1. The second-order valence-electron chi connectivity index (χ2n) is 0.372. The fourth-order valence-corrected chi connectivity index (χ4v) is 0. The minimum atomic E-state index is 0. The summed E-state index contributed by atoms with van der Waals surface area (Å²) in [5.41, 5.74) is 0. The molecule has 0 N–H and O–H groups in total. The van der Waals surface area contributed by atoms with Gasteiger partial charge in [-0.2, -0.15) is 0 Å². The number of carbonyl (C=O) groups is 1. The van der Waals surface area contributed by atoms with Crippen molar-refractivity contribution in [2.45, 2.75) is 7.43 Å². The first-order valence-electron chi connectivity index (χ1n) is 0.977. The van der Waals surface area contributed by atoms with Crippen LogP contribution in [0.1, 0.15) is 7.43 Å². The predicted molar refractivity (Wildman–Crippen MR) is 23.0 cm³/mol. The molecular weight excluding hydrogens is 64.0 g/mol. The number of rotatable bonds is 1. The second-order valence-corrected chi connectivity index (χ2v) is 0.372. The van der Waals surface area contributed by atoms with Gasteiger partial charge in [0.2, 0.25) is 0 Å². The molecule has 1 nitrogen and oxygen atoms in total. The highest BCUT2D eigenvalue weighted by Crippen LogP contribution is 1.35. The Morgan fingerprint density at radius 1 is 1.60 bits per heavy atom. The third kappa shape index (κ3) is 40.3. The van der Waals surface area contributed by atoms with Gasteiger partial charge in [-0.3, -0.25) is 4.79 Å². The van der Waals surface area contributed by atoms with Crippen LogP contribution in [-0.4, -0.2) is 6.29 Å². The van der Waals surface area contributed by atoms with Gasteiger partial charge in [0.25, 0.3) is 0 Å². The van der Waals surface area contributed by atoms with Gasteiger partial charge in [0.15, 0.2) is 0 Å². The van der Waals surface area contributed by atoms with Crippen molar-refractivity contribution < 1.29 is 4.79 Å². The molecule has 0 radical (unpaired) electrons. The topological polar surface area (TPSA) is 17.1 Å². The number of carbonyl (C=O) groups excluding carboxylic acids is 1. The highest BCUT2D eigenvalue weighted by Gasteiger charge is 1.38. The van der Waals surface area contributed by atoms with Gasteiger partial charge in [0, 0.05) is 0 Å². The molecule has 0 aromatic rings. The van der Waals surface area contributed by atoms with E-state index in [4.69, 9.17) is 4.79 Å². The van der Waals surface area contributed by atoms with Crippen molar-refractivity contribution in [3.63, 3.8) is 0 Å². The summed E-state index contributed by atoms with van der Waals surface area (Å²) in [4.78, 5) is 9.06. The van der Waals surface area contributed by atoms with Crippen molar-refractivity contribution in [3.8, 4) is 0 Å². The van der Waals surface area contributed by atoms with Crippen LogP contribution in [0, 0.1) is 0 Å². The summed E-state index contributed by atoms with van der Waals surface area (Å²) < 4.78 is 0. The van der Waals surface area contributed by atoms with E-state index < -0.39 is 0 Å². The Kier molecular flexibility index (Phi) is 17.6. The lowest BCUT2D eigenvalue weighted by molar-refractivity contribution is -0.104. The van der Waals surface area contributed by atoms with Crippen LogP contribution in [0.2, 0.25) is 0 Å². The standard InChI is InChI=1S/C3H4O.CH4/c1-2-3-4;/h2-3H,1H2;1H4. The summed E-state index contributed by atoms with van der Waals surface area (Å²) in [6, 6.07) is 0. The Hall–Kier alpha value is -0.590. The van der Waals surface area contributed by atoms with Crippen molar-refractivity contribution in [2.24, 2.45) is 0 Å². The fraction of sp³-hybridized carbons (Fsp3) is 0.250. The molecule has 0 atom stereocenters. The van der Waals surface area contributed by atoms with Crippen LogP contribution >= 0.6 is 0 Å². The average Bonchev–Trinajstić information content (AvgIpc) is 1.37. The average molecular weight is 72.1 g/mol. The van der Waals surface area contributed by atoms with Crippen LogP contribution in [-0.2, 0) is 4.79 Å². The SMILES string of the molecule is C.C=CC=O. The molecule has 0 saturated carbocycles. The predicted octanol–water partition coefficient (Wildman–Crippen LogP) is 1.01. The molecule has 0 aromatic carbocycles. The maximum Gasteiger partial charge on any atom is 0.142 e. The Labute approximate surface area is 32.3 Å². The van der Waals surface area contributed by atoms with Crippen LogP contribution < -0.4 is 0 Å². The van der Waals surface area contributed by atoms with E-state index in [0.29, 0.717) is 6.29 Å². The number of allylic oxidation sites excluding steroid dienone is 1. The molecule has 0 rings (SSSR count). The van der Waals surface area contributed by atoms with Gasteiger partial charge in [-0.15, -0.1) is 0 Å². The van der Waals surface area contributed by atoms with Crippen molar-refractivity contribution in [1.82, 2.24) is 0 Å². The van der Waals surface area contributed by atoms with Crippen LogP contribution in [0.3, 0.4) is 0 Å². The molecule has 0 aliphatic heterocycles. The molecule has 0 unspecified atom stereocenters. The lowest BCUT2D eigenvalue weighted by atomic mass is 10.8. The summed E-state index contributed by atoms with van der Waals surface area (Å²) in [6.45, 7) is 3.11. The molecule has 0 saturated heterocycles. The largest absolute Gasteiger partial charge is 0.299 e. The second kappa shape index (κ2) is 9.96. The smallest absolute Gasteiger partial charge is 0.142 e. The lowest BCUT2D eigenvalue weighted by Crippen LogP contribution is -1.44. The van der Waals surface area contributed by atoms with Crippen LogP contribution in [0.5, 0.6) is 0 Å². The third-order valence-corrected chi connectivity index (χ3v) is 0.0962. The van der Waals surface area contributed by atoms with Crippen molar-refractivity contribution in [2.75, 3.05) is 0 Å². The normalized spacial score (nSPS) is 4.00. The number of hydrogen-bond donors (Lipinski definition) is 0. The van der Waals surface area contributed by atoms with Crippen molar-refractivity contribution >= 4 is 6.29 Å². The van der Waals surface area contributed by atoms with Gasteiger partial charge < -0.3 is 0 Å². The highest BCUT2D eigenvalue weighted by molar-refractivity contribution is 5.63. The molecule has 0 heterocycles. The Bertz CT molecular complexity index is 24.6. The van der Waals surface area contributed by atoms with E-state index in [1.165, 1.54) is 6.08 Å². The monoisotopic (exact) mass is 72.1 g/mol. The zero-order valence-electron chi connectivity index (χ0n) is 2.27. The summed E-state index contributed by atoms with van der Waals surface area (Å²) in [5, 5.41) is 0. The molecule has 0 fully saturated rings. The van der Waals surface area contributed by atoms with E-state index >= 15 is 0 Å². The quantitative estimate of drug-likeness (QED) is 0.333. The van der Waals surface area contributed by atoms with Gasteiger partial charge in [0.05, 0.1) is 0 Å². The van der Waals surface area contributed by atoms with Gasteiger partial charge in [-0.1, -0.05) is 14.0 Å². The molecule has 0 bridgehead atoms. The first kappa shape index (κ1) is 8.83. The summed E-state index contributed by atoms with van der Waals surface area (Å²) in [7, 11) is 0. The zero-order chi connectivity index (χ0) is 3.41. The molecule has 0 aromatic heterocycles. The van der Waals surface area contributed by atoms with Gasteiger partial charge >= 0.3 is 0 Å². The van der Waals surface area contributed by atoms with E-state index in [1.807, 2.05) is 0 Å². The van der Waals surface area contributed by atoms with Gasteiger partial charge in [0.1, 0.15) is 6.29 Å². The molecular formula is C4H8O. The summed E-state index contributed by atoms with van der Waals surface area (Å²) in [5.74, 6) is 0. The van der Waals surface area contributed by atoms with Gasteiger partial charge in [-0.05, 0) is 6.08 Å². The fourth-order valence-electron chi connectivity index (χ4n) is 0. The summed E-state index contributed by atoms with van der Waals surface area (Å²) >= 11 is 0. The first-order chi connectivity index (χ1) is 1.91. The third-order valence-electron chi connectivity index (χ3n) is 0.0962. The molecule has 1 heteroatoms. The first-order valence-corrected chi connectivity index (χ1v) is 0.977. The Balaban J connectivity index is 0. The van der Waals surface area contributed by atoms with Crippen molar-refractivity contribution in [3.05, 3.63) is 12.7 Å². The summed E-state index contributed by atoms with van der Waals surface area (Å²) in [6.07, 6.45) is 1.83. The van der Waals surface area contributed by atoms with Crippen LogP contribution in [0.4, 0.5) is 0 Å². The minimum absolute atomic E-state index is 0. The number of aldehydes is 1. The maximum atomic E-state index is 9.06. The Morgan fingerprint density at radius 2 is 1.80 bits per heavy atom. The maximum absolute atomic E-state index is 9.06. The molecule has 0 spiro atoms. The minimum Gasteiger partial charge on any atom is -0.299 e. The molecule has 0 aliphatic rings. The van der Waals surface area contributed by atoms with Crippen molar-refractivity contribution in [1.29, 1.82) is 0 Å². The van der Waals surface area contributed by atoms with Crippen LogP contribution in [0.15, 0.2) is 12.7 Å². The molecule has 0 aliphatic carbocycles. The van der Waals surface area contributed by atoms with E-state index in [0.717, 1.165) is 0 Å². The Morgan fingerprint density at radius 3 is 1.80 bits per heavy atom. The van der Waals surface area contributed by atoms with E-state index in [2.05, 4.69) is 6.58 Å². The van der Waals surface area contributed by atoms with E-state index in [1.54, 1.807) is 0 Å². The van der Waals surface area contributed by atoms with Gasteiger partial charge in [-0.25, -0.2) is 0 Å². The zero-order valence-corrected chi connectivity index (χ0v) is 2.27.